The number of rotatable bonds is 3. The van der Waals surface area contributed by atoms with Gasteiger partial charge in [0.05, 0.1) is 0 Å². The van der Waals surface area contributed by atoms with E-state index in [0.717, 1.165) is 0 Å². The summed E-state index contributed by atoms with van der Waals surface area (Å²) >= 11 is 0. The summed E-state index contributed by atoms with van der Waals surface area (Å²) in [6, 6.07) is 0. The Balaban J connectivity index is 4.04. The zero-order valence-electron chi connectivity index (χ0n) is 5.87. The highest BCUT2D eigenvalue weighted by Crippen LogP contribution is 1.89. The number of nitrogens with two attached hydrogens (primary N) is 1. The van der Waals surface area contributed by atoms with Crippen LogP contribution in [-0.4, -0.2) is 12.6 Å². The molecule has 3 heteroatoms. The van der Waals surface area contributed by atoms with Crippen LogP contribution in [0.25, 0.3) is 0 Å². The van der Waals surface area contributed by atoms with Gasteiger partial charge in [-0.25, -0.2) is 0 Å². The van der Waals surface area contributed by atoms with Crippen LogP contribution < -0.4 is 5.73 Å². The highest BCUT2D eigenvalue weighted by Gasteiger charge is 1.91. The molecule has 0 fully saturated rings. The van der Waals surface area contributed by atoms with Gasteiger partial charge in [0.25, 0.3) is 0 Å². The number of allylic oxidation sites excluding steroid dienone is 2. The maximum atomic E-state index is 10.4. The summed E-state index contributed by atoms with van der Waals surface area (Å²) in [6.07, 6.45) is 4.66. The van der Waals surface area contributed by atoms with Gasteiger partial charge in [-0.15, -0.1) is 0 Å². The van der Waals surface area contributed by atoms with E-state index in [1.165, 1.54) is 6.20 Å². The normalized spacial score (nSPS) is 11.9. The molecule has 0 bridgehead atoms. The van der Waals surface area contributed by atoms with Crippen molar-refractivity contribution in [1.29, 1.82) is 0 Å². The molecule has 0 rings (SSSR count). The molecule has 0 saturated carbocycles. The molecule has 0 unspecified atom stereocenters. The van der Waals surface area contributed by atoms with Crippen LogP contribution in [0.1, 0.15) is 6.92 Å². The van der Waals surface area contributed by atoms with E-state index >= 15 is 0 Å². The van der Waals surface area contributed by atoms with Crippen molar-refractivity contribution in [3.05, 3.63) is 23.9 Å². The lowest BCUT2D eigenvalue weighted by atomic mass is 10.3. The first-order valence-corrected chi connectivity index (χ1v) is 2.77. The summed E-state index contributed by atoms with van der Waals surface area (Å²) in [6.45, 7) is 4.85. The molecule has 0 aromatic heterocycles. The monoisotopic (exact) mass is 138 g/mol. The summed E-state index contributed by atoms with van der Waals surface area (Å²) in [5.74, 6) is -0.422. The first kappa shape index (κ1) is 8.62. The van der Waals surface area contributed by atoms with Crippen molar-refractivity contribution in [2.24, 2.45) is 10.7 Å². The minimum atomic E-state index is -0.422. The Morgan fingerprint density at radius 2 is 2.30 bits per heavy atom. The third kappa shape index (κ3) is 3.60. The fraction of sp³-hybridized carbons (Fsp3) is 0.143. The molecule has 0 radical (unpaired) electrons. The summed E-state index contributed by atoms with van der Waals surface area (Å²) in [5, 5.41) is 0. The fourth-order valence-electron chi connectivity index (χ4n) is 0.330. The van der Waals surface area contributed by atoms with Gasteiger partial charge in [-0.3, -0.25) is 9.79 Å². The van der Waals surface area contributed by atoms with Crippen molar-refractivity contribution >= 4 is 12.6 Å². The van der Waals surface area contributed by atoms with E-state index in [9.17, 15) is 4.79 Å². The van der Waals surface area contributed by atoms with Crippen molar-refractivity contribution in [3.8, 4) is 0 Å². The lowest BCUT2D eigenvalue weighted by molar-refractivity contribution is -0.114. The predicted octanol–water partition coefficient (Wildman–Crippen LogP) is 0.632. The Hall–Kier alpha value is -1.38. The molecule has 0 aliphatic heterocycles. The molecule has 54 valence electrons. The van der Waals surface area contributed by atoms with Crippen LogP contribution >= 0.6 is 0 Å². The van der Waals surface area contributed by atoms with E-state index in [1.54, 1.807) is 19.1 Å². The van der Waals surface area contributed by atoms with Crippen LogP contribution in [0, 0.1) is 0 Å². The first-order valence-electron chi connectivity index (χ1n) is 2.77. The van der Waals surface area contributed by atoms with E-state index in [4.69, 9.17) is 5.73 Å². The topological polar surface area (TPSA) is 55.4 Å². The minimum Gasteiger partial charge on any atom is -0.366 e. The Morgan fingerprint density at radius 3 is 2.70 bits per heavy atom. The quantitative estimate of drug-likeness (QED) is 0.347. The van der Waals surface area contributed by atoms with E-state index in [1.807, 2.05) is 0 Å². The Morgan fingerprint density at radius 1 is 1.70 bits per heavy atom. The SMILES string of the molecule is C=N/C=C\C=C(/C)C(N)=O. The number of primary amides is 1. The number of hydrogen-bond donors (Lipinski definition) is 1. The predicted molar refractivity (Wildman–Crippen MR) is 41.6 cm³/mol. The molecule has 0 aromatic rings. The van der Waals surface area contributed by atoms with Gasteiger partial charge in [-0.2, -0.15) is 0 Å². The molecule has 0 aliphatic carbocycles. The number of carbonyl (C=O) groups excluding carboxylic acids is 1. The Labute approximate surface area is 59.9 Å². The van der Waals surface area contributed by atoms with Crippen LogP contribution in [0.4, 0.5) is 0 Å². The van der Waals surface area contributed by atoms with Gasteiger partial charge in [-0.05, 0) is 19.7 Å². The maximum Gasteiger partial charge on any atom is 0.244 e. The van der Waals surface area contributed by atoms with Crippen molar-refractivity contribution < 1.29 is 4.79 Å². The molecule has 3 nitrogen and oxygen atoms in total. The first-order chi connectivity index (χ1) is 4.68. The lowest BCUT2D eigenvalue weighted by Crippen LogP contribution is -2.11. The Kier molecular flexibility index (Phi) is 3.87. The van der Waals surface area contributed by atoms with Crippen LogP contribution in [0.3, 0.4) is 0 Å². The van der Waals surface area contributed by atoms with Gasteiger partial charge in [0.1, 0.15) is 0 Å². The summed E-state index contributed by atoms with van der Waals surface area (Å²) < 4.78 is 0. The van der Waals surface area contributed by atoms with Crippen molar-refractivity contribution in [3.63, 3.8) is 0 Å². The molecule has 0 saturated heterocycles. The fourth-order valence-corrected chi connectivity index (χ4v) is 0.330. The minimum absolute atomic E-state index is 0.422. The summed E-state index contributed by atoms with van der Waals surface area (Å²) in [5.41, 5.74) is 5.43. The average molecular weight is 138 g/mol. The van der Waals surface area contributed by atoms with E-state index in [2.05, 4.69) is 11.7 Å². The molecule has 0 spiro atoms. The summed E-state index contributed by atoms with van der Waals surface area (Å²) in [7, 11) is 0. The second-order valence-corrected chi connectivity index (χ2v) is 1.74. The van der Waals surface area contributed by atoms with Crippen LogP contribution in [0.2, 0.25) is 0 Å². The Bertz CT molecular complexity index is 192. The van der Waals surface area contributed by atoms with Crippen molar-refractivity contribution in [1.82, 2.24) is 0 Å². The molecule has 1 amide bonds. The highest BCUT2D eigenvalue weighted by atomic mass is 16.1. The van der Waals surface area contributed by atoms with Gasteiger partial charge in [-0.1, -0.05) is 6.08 Å². The van der Waals surface area contributed by atoms with Crippen LogP contribution in [0.5, 0.6) is 0 Å². The van der Waals surface area contributed by atoms with Gasteiger partial charge >= 0.3 is 0 Å². The largest absolute Gasteiger partial charge is 0.366 e. The van der Waals surface area contributed by atoms with Gasteiger partial charge in [0.2, 0.25) is 5.91 Å². The van der Waals surface area contributed by atoms with E-state index in [-0.39, 0.29) is 0 Å². The highest BCUT2D eigenvalue weighted by molar-refractivity contribution is 5.91. The second kappa shape index (κ2) is 4.49. The standard InChI is InChI=1S/C7H10N2O/c1-6(7(8)10)4-3-5-9-2/h3-5H,2H2,1H3,(H2,8,10)/b5-3-,6-4+. The smallest absolute Gasteiger partial charge is 0.244 e. The van der Waals surface area contributed by atoms with Gasteiger partial charge < -0.3 is 5.73 Å². The van der Waals surface area contributed by atoms with Crippen molar-refractivity contribution in [2.75, 3.05) is 0 Å². The van der Waals surface area contributed by atoms with E-state index < -0.39 is 5.91 Å². The number of carbonyl (C=O) groups is 1. The lowest BCUT2D eigenvalue weighted by Gasteiger charge is -1.87. The number of nitrogens with zero attached hydrogens (tertiary/aromatic N) is 1. The zero-order valence-corrected chi connectivity index (χ0v) is 5.87. The molecule has 10 heavy (non-hydrogen) atoms. The third-order valence-electron chi connectivity index (χ3n) is 0.926. The molecular formula is C7H10N2O. The second-order valence-electron chi connectivity index (χ2n) is 1.74. The maximum absolute atomic E-state index is 10.4. The van der Waals surface area contributed by atoms with Gasteiger partial charge in [0.15, 0.2) is 0 Å². The van der Waals surface area contributed by atoms with Crippen LogP contribution in [0.15, 0.2) is 28.9 Å². The van der Waals surface area contributed by atoms with Crippen molar-refractivity contribution in [2.45, 2.75) is 6.92 Å². The number of amides is 1. The average Bonchev–Trinajstić information content (AvgIpc) is 1.88. The molecule has 0 atom stereocenters. The zero-order chi connectivity index (χ0) is 7.98. The van der Waals surface area contributed by atoms with Crippen LogP contribution in [-0.2, 0) is 4.79 Å². The molecular weight excluding hydrogens is 128 g/mol. The molecule has 0 heterocycles. The molecule has 0 aromatic carbocycles. The number of aliphatic imine (C=N–C) groups is 1. The van der Waals surface area contributed by atoms with Gasteiger partial charge in [0, 0.05) is 11.8 Å². The number of hydrogen-bond acceptors (Lipinski definition) is 2. The summed E-state index contributed by atoms with van der Waals surface area (Å²) in [4.78, 5) is 13.8. The van der Waals surface area contributed by atoms with E-state index in [0.29, 0.717) is 5.57 Å². The molecule has 0 aliphatic rings. The molecule has 2 N–H and O–H groups in total. The third-order valence-corrected chi connectivity index (χ3v) is 0.926.